The number of carbonyl (C=O) groups is 1. The predicted molar refractivity (Wildman–Crippen MR) is 81.4 cm³/mol. The second-order valence-corrected chi connectivity index (χ2v) is 4.89. The van der Waals surface area contributed by atoms with Crippen LogP contribution in [0.25, 0.3) is 6.08 Å². The Bertz CT molecular complexity index is 777. The third-order valence-electron chi connectivity index (χ3n) is 3.31. The number of rotatable bonds is 2. The van der Waals surface area contributed by atoms with Crippen LogP contribution in [-0.4, -0.2) is 11.6 Å². The maximum Gasteiger partial charge on any atom is 0.280 e. The fourth-order valence-electron chi connectivity index (χ4n) is 2.17. The summed E-state index contributed by atoms with van der Waals surface area (Å²) in [6.45, 7) is 1.72. The molecule has 0 aromatic heterocycles. The topological polar surface area (TPSA) is 32.7 Å². The number of carbonyl (C=O) groups excluding carboxylic acids is 1. The number of hydrogen-bond acceptors (Lipinski definition) is 2. The molecule has 1 aliphatic heterocycles. The second-order valence-electron chi connectivity index (χ2n) is 4.89. The summed E-state index contributed by atoms with van der Waals surface area (Å²) in [6, 6.07) is 11.4. The second kappa shape index (κ2) is 5.52. The fraction of sp³-hybridized carbons (Fsp3) is 0.0588. The molecule has 0 fully saturated rings. The van der Waals surface area contributed by atoms with E-state index in [0.717, 1.165) is 0 Å². The summed E-state index contributed by atoms with van der Waals surface area (Å²) in [5.41, 5.74) is 2.18. The molecule has 2 aromatic rings. The van der Waals surface area contributed by atoms with Gasteiger partial charge in [0.25, 0.3) is 5.91 Å². The van der Waals surface area contributed by atoms with E-state index >= 15 is 0 Å². The Labute approximate surface area is 126 Å². The molecule has 1 heterocycles. The van der Waals surface area contributed by atoms with Gasteiger partial charge >= 0.3 is 0 Å². The van der Waals surface area contributed by atoms with E-state index in [0.29, 0.717) is 22.5 Å². The average molecular weight is 298 g/mol. The van der Waals surface area contributed by atoms with Crippen molar-refractivity contribution in [1.29, 1.82) is 0 Å². The van der Waals surface area contributed by atoms with Crippen LogP contribution in [0.2, 0.25) is 0 Å². The molecule has 0 atom stereocenters. The molecule has 0 spiro atoms. The Hall–Kier alpha value is -2.82. The summed E-state index contributed by atoms with van der Waals surface area (Å²) < 4.78 is 25.9. The van der Waals surface area contributed by atoms with Crippen LogP contribution in [0.1, 0.15) is 12.5 Å². The molecular formula is C17H12F2N2O. The van der Waals surface area contributed by atoms with Gasteiger partial charge in [-0.1, -0.05) is 12.1 Å². The number of hydrazone groups is 1. The average Bonchev–Trinajstić information content (AvgIpc) is 2.78. The molecule has 22 heavy (non-hydrogen) atoms. The molecular weight excluding hydrogens is 286 g/mol. The highest BCUT2D eigenvalue weighted by Gasteiger charge is 2.28. The smallest absolute Gasteiger partial charge is 0.267 e. The molecule has 0 aliphatic carbocycles. The molecule has 1 aliphatic rings. The zero-order chi connectivity index (χ0) is 15.7. The quantitative estimate of drug-likeness (QED) is 0.777. The van der Waals surface area contributed by atoms with E-state index in [-0.39, 0.29) is 17.5 Å². The Balaban J connectivity index is 1.92. The van der Waals surface area contributed by atoms with Gasteiger partial charge in [0.15, 0.2) is 0 Å². The van der Waals surface area contributed by atoms with Gasteiger partial charge in [-0.05, 0) is 55.0 Å². The summed E-state index contributed by atoms with van der Waals surface area (Å²) in [5.74, 6) is -1.01. The minimum absolute atomic E-state index is 0.298. The Morgan fingerprint density at radius 2 is 1.50 bits per heavy atom. The monoisotopic (exact) mass is 298 g/mol. The number of anilines is 1. The van der Waals surface area contributed by atoms with E-state index < -0.39 is 0 Å². The lowest BCUT2D eigenvalue weighted by Gasteiger charge is -2.11. The van der Waals surface area contributed by atoms with E-state index in [1.165, 1.54) is 41.4 Å². The highest BCUT2D eigenvalue weighted by Crippen LogP contribution is 2.25. The van der Waals surface area contributed by atoms with Crippen molar-refractivity contribution in [3.05, 3.63) is 71.3 Å². The van der Waals surface area contributed by atoms with Gasteiger partial charge in [0.1, 0.15) is 11.6 Å². The highest BCUT2D eigenvalue weighted by atomic mass is 19.1. The minimum Gasteiger partial charge on any atom is -0.267 e. The van der Waals surface area contributed by atoms with Crippen LogP contribution in [0.15, 0.2) is 59.2 Å². The van der Waals surface area contributed by atoms with Gasteiger partial charge < -0.3 is 0 Å². The molecule has 0 bridgehead atoms. The normalized spacial score (nSPS) is 16.3. The first-order valence-electron chi connectivity index (χ1n) is 6.67. The molecule has 0 unspecified atom stereocenters. The molecule has 0 radical (unpaired) electrons. The van der Waals surface area contributed by atoms with Gasteiger partial charge in [-0.2, -0.15) is 10.1 Å². The van der Waals surface area contributed by atoms with Gasteiger partial charge in [-0.3, -0.25) is 4.79 Å². The summed E-state index contributed by atoms with van der Waals surface area (Å²) in [6.07, 6.45) is 1.66. The van der Waals surface area contributed by atoms with Crippen LogP contribution in [0.3, 0.4) is 0 Å². The fourth-order valence-corrected chi connectivity index (χ4v) is 2.17. The number of benzene rings is 2. The molecule has 110 valence electrons. The van der Waals surface area contributed by atoms with Crippen molar-refractivity contribution in [1.82, 2.24) is 0 Å². The Morgan fingerprint density at radius 3 is 2.09 bits per heavy atom. The zero-order valence-electron chi connectivity index (χ0n) is 11.8. The predicted octanol–water partition coefficient (Wildman–Crippen LogP) is 3.77. The van der Waals surface area contributed by atoms with E-state index in [4.69, 9.17) is 0 Å². The molecule has 1 amide bonds. The highest BCUT2D eigenvalue weighted by molar-refractivity contribution is 6.32. The third kappa shape index (κ3) is 2.65. The number of hydrogen-bond donors (Lipinski definition) is 0. The van der Waals surface area contributed by atoms with Crippen LogP contribution in [0, 0.1) is 11.6 Å². The van der Waals surface area contributed by atoms with Crippen LogP contribution in [0.4, 0.5) is 14.5 Å². The Kier molecular flexibility index (Phi) is 3.55. The van der Waals surface area contributed by atoms with Gasteiger partial charge in [0.2, 0.25) is 0 Å². The number of amides is 1. The maximum absolute atomic E-state index is 13.0. The lowest BCUT2D eigenvalue weighted by atomic mass is 10.1. The van der Waals surface area contributed by atoms with Crippen molar-refractivity contribution in [3.8, 4) is 0 Å². The molecule has 0 saturated heterocycles. The van der Waals surface area contributed by atoms with E-state index in [9.17, 15) is 13.6 Å². The van der Waals surface area contributed by atoms with Crippen molar-refractivity contribution in [2.45, 2.75) is 6.92 Å². The van der Waals surface area contributed by atoms with Gasteiger partial charge in [-0.25, -0.2) is 8.78 Å². The summed E-state index contributed by atoms with van der Waals surface area (Å²) in [7, 11) is 0. The van der Waals surface area contributed by atoms with Crippen molar-refractivity contribution in [3.63, 3.8) is 0 Å². The van der Waals surface area contributed by atoms with Gasteiger partial charge in [0, 0.05) is 0 Å². The molecule has 5 heteroatoms. The standard InChI is InChI=1S/C17H12F2N2O/c1-11-16(10-12-2-4-13(18)5-3-12)17(22)21(20-11)15-8-6-14(19)7-9-15/h2-10H,1H3. The van der Waals surface area contributed by atoms with E-state index in [1.54, 1.807) is 25.1 Å². The first-order chi connectivity index (χ1) is 10.5. The van der Waals surface area contributed by atoms with Crippen LogP contribution in [-0.2, 0) is 4.79 Å². The zero-order valence-corrected chi connectivity index (χ0v) is 11.8. The summed E-state index contributed by atoms with van der Waals surface area (Å²) in [4.78, 5) is 12.4. The molecule has 3 rings (SSSR count). The molecule has 0 N–H and O–H groups in total. The number of halogens is 2. The number of nitrogens with zero attached hydrogens (tertiary/aromatic N) is 2. The van der Waals surface area contributed by atoms with Gasteiger partial charge in [0.05, 0.1) is 17.0 Å². The minimum atomic E-state index is -0.377. The first-order valence-corrected chi connectivity index (χ1v) is 6.67. The van der Waals surface area contributed by atoms with E-state index in [1.807, 2.05) is 0 Å². The third-order valence-corrected chi connectivity index (χ3v) is 3.31. The first kappa shape index (κ1) is 14.1. The van der Waals surface area contributed by atoms with Crippen molar-refractivity contribution in [2.75, 3.05) is 5.01 Å². The van der Waals surface area contributed by atoms with Crippen LogP contribution in [0.5, 0.6) is 0 Å². The van der Waals surface area contributed by atoms with E-state index in [2.05, 4.69) is 5.10 Å². The van der Waals surface area contributed by atoms with Crippen LogP contribution >= 0.6 is 0 Å². The molecule has 2 aromatic carbocycles. The van der Waals surface area contributed by atoms with Crippen molar-refractivity contribution >= 4 is 23.4 Å². The lowest BCUT2D eigenvalue weighted by Crippen LogP contribution is -2.21. The molecule has 3 nitrogen and oxygen atoms in total. The Morgan fingerprint density at radius 1 is 0.955 bits per heavy atom. The van der Waals surface area contributed by atoms with Crippen molar-refractivity contribution < 1.29 is 13.6 Å². The lowest BCUT2D eigenvalue weighted by molar-refractivity contribution is -0.114. The maximum atomic E-state index is 13.0. The largest absolute Gasteiger partial charge is 0.280 e. The van der Waals surface area contributed by atoms with Crippen LogP contribution < -0.4 is 5.01 Å². The summed E-state index contributed by atoms with van der Waals surface area (Å²) in [5, 5.41) is 5.43. The van der Waals surface area contributed by atoms with Crippen molar-refractivity contribution in [2.24, 2.45) is 5.10 Å². The van der Waals surface area contributed by atoms with Gasteiger partial charge in [-0.15, -0.1) is 0 Å². The summed E-state index contributed by atoms with van der Waals surface area (Å²) >= 11 is 0. The molecule has 0 saturated carbocycles. The SMILES string of the molecule is CC1=NN(c2ccc(F)cc2)C(=O)C1=Cc1ccc(F)cc1.